The molecule has 3 aliphatic rings. The molecule has 2 aromatic rings. The van der Waals surface area contributed by atoms with Gasteiger partial charge in [-0.3, -0.25) is 9.69 Å². The van der Waals surface area contributed by atoms with Gasteiger partial charge in [0.15, 0.2) is 11.5 Å². The van der Waals surface area contributed by atoms with Gasteiger partial charge in [-0.05, 0) is 48.2 Å². The summed E-state index contributed by atoms with van der Waals surface area (Å²) < 4.78 is 51.7. The Labute approximate surface area is 182 Å². The predicted molar refractivity (Wildman–Crippen MR) is 111 cm³/mol. The van der Waals surface area contributed by atoms with Crippen molar-refractivity contribution in [2.75, 3.05) is 20.3 Å². The average Bonchev–Trinajstić information content (AvgIpc) is 2.97. The highest BCUT2D eigenvalue weighted by atomic mass is 19.4. The summed E-state index contributed by atoms with van der Waals surface area (Å²) in [5, 5.41) is 0. The van der Waals surface area contributed by atoms with Crippen molar-refractivity contribution in [3.8, 4) is 16.9 Å². The molecule has 3 heterocycles. The van der Waals surface area contributed by atoms with Gasteiger partial charge in [0.1, 0.15) is 11.4 Å². The highest BCUT2D eigenvalue weighted by molar-refractivity contribution is 6.07. The Bertz CT molecular complexity index is 1120. The molecule has 2 spiro atoms. The lowest BCUT2D eigenvalue weighted by molar-refractivity contribution is -0.139. The number of hydrogen-bond acceptors (Lipinski definition) is 5. The zero-order valence-corrected chi connectivity index (χ0v) is 17.4. The maximum atomic E-state index is 13.4. The molecule has 2 atom stereocenters. The van der Waals surface area contributed by atoms with Gasteiger partial charge in [-0.25, -0.2) is 4.99 Å². The second-order valence-corrected chi connectivity index (χ2v) is 8.60. The number of guanidine groups is 1. The Morgan fingerprint density at radius 2 is 1.94 bits per heavy atom. The molecule has 32 heavy (non-hydrogen) atoms. The van der Waals surface area contributed by atoms with E-state index in [1.165, 1.54) is 11.0 Å². The first-order valence-corrected chi connectivity index (χ1v) is 10.4. The minimum atomic E-state index is -4.45. The van der Waals surface area contributed by atoms with E-state index < -0.39 is 22.9 Å². The largest absolute Gasteiger partial charge is 0.484 e. The van der Waals surface area contributed by atoms with Crippen LogP contribution in [0.3, 0.4) is 0 Å². The van der Waals surface area contributed by atoms with Crippen molar-refractivity contribution in [2.45, 2.75) is 36.6 Å². The van der Waals surface area contributed by atoms with Crippen LogP contribution in [0.2, 0.25) is 0 Å². The van der Waals surface area contributed by atoms with E-state index in [0.29, 0.717) is 42.1 Å². The van der Waals surface area contributed by atoms with Gasteiger partial charge in [-0.15, -0.1) is 0 Å². The van der Waals surface area contributed by atoms with Crippen LogP contribution >= 0.6 is 0 Å². The fourth-order valence-corrected chi connectivity index (χ4v) is 4.86. The molecular formula is C23H22F3N3O3. The number of carbonyl (C=O) groups is 1. The number of benzene rings is 2. The maximum absolute atomic E-state index is 13.4. The van der Waals surface area contributed by atoms with Gasteiger partial charge in [-0.2, -0.15) is 13.2 Å². The minimum absolute atomic E-state index is 0.0965. The number of ether oxygens (including phenoxy) is 2. The second-order valence-electron chi connectivity index (χ2n) is 8.60. The summed E-state index contributed by atoms with van der Waals surface area (Å²) in [4.78, 5) is 19.3. The van der Waals surface area contributed by atoms with Crippen molar-refractivity contribution in [3.63, 3.8) is 0 Å². The van der Waals surface area contributed by atoms with E-state index in [4.69, 9.17) is 15.2 Å². The summed E-state index contributed by atoms with van der Waals surface area (Å²) in [5.41, 5.74) is 4.69. The van der Waals surface area contributed by atoms with Crippen LogP contribution in [0.15, 0.2) is 47.5 Å². The number of nitrogens with zero attached hydrogens (tertiary/aromatic N) is 2. The van der Waals surface area contributed by atoms with E-state index in [0.717, 1.165) is 18.6 Å². The molecule has 3 aliphatic heterocycles. The molecule has 0 aromatic heterocycles. The third-order valence-electron chi connectivity index (χ3n) is 6.45. The lowest BCUT2D eigenvalue weighted by atomic mass is 9.74. The van der Waals surface area contributed by atoms with Gasteiger partial charge in [0.2, 0.25) is 0 Å². The standard InChI is InChI=1S/C23H22F3N3O3/c1-29-19(30)22(28-20(29)27)12-21(8-3-9-31-13-21)32-18-7-6-15(11-17(18)22)14-4-2-5-16(10-14)23(24,25)26/h2,4-7,10-11H,3,8-9,12-13H2,1H3,(H2,27,28)/t21-,22+/m1/s1. The molecule has 1 fully saturated rings. The number of rotatable bonds is 1. The number of aliphatic imine (C=N–C) groups is 1. The average molecular weight is 445 g/mol. The number of carbonyl (C=O) groups excluding carboxylic acids is 1. The molecule has 6 nitrogen and oxygen atoms in total. The number of alkyl halides is 3. The van der Waals surface area contributed by atoms with Gasteiger partial charge >= 0.3 is 6.18 Å². The van der Waals surface area contributed by atoms with Crippen LogP contribution in [0.25, 0.3) is 11.1 Å². The fourth-order valence-electron chi connectivity index (χ4n) is 4.86. The lowest BCUT2D eigenvalue weighted by Gasteiger charge is -2.46. The Kier molecular flexibility index (Phi) is 4.53. The van der Waals surface area contributed by atoms with Gasteiger partial charge in [-0.1, -0.05) is 18.2 Å². The Hall–Kier alpha value is -3.07. The quantitative estimate of drug-likeness (QED) is 0.727. The molecule has 2 N–H and O–H groups in total. The third-order valence-corrected chi connectivity index (χ3v) is 6.45. The normalized spacial score (nSPS) is 27.4. The monoisotopic (exact) mass is 445 g/mol. The summed E-state index contributed by atoms with van der Waals surface area (Å²) in [7, 11) is 1.56. The number of halogens is 3. The first-order chi connectivity index (χ1) is 15.1. The fraction of sp³-hybridized carbons (Fsp3) is 0.391. The van der Waals surface area contributed by atoms with Crippen molar-refractivity contribution in [1.29, 1.82) is 0 Å². The number of nitrogens with two attached hydrogens (primary N) is 1. The van der Waals surface area contributed by atoms with Crippen molar-refractivity contribution in [2.24, 2.45) is 10.7 Å². The van der Waals surface area contributed by atoms with Crippen molar-refractivity contribution in [1.82, 2.24) is 4.90 Å². The SMILES string of the molecule is CN1C(=O)[C@@]2(C[C@@]3(CCCOC3)Oc3ccc(-c4cccc(C(F)(F)F)c4)cc32)N=C1N. The summed E-state index contributed by atoms with van der Waals surface area (Å²) >= 11 is 0. The first kappa shape index (κ1) is 20.8. The molecule has 0 radical (unpaired) electrons. The number of fused-ring (bicyclic) bond motifs is 2. The Morgan fingerprint density at radius 3 is 2.59 bits per heavy atom. The van der Waals surface area contributed by atoms with Crippen molar-refractivity contribution < 1.29 is 27.4 Å². The van der Waals surface area contributed by atoms with E-state index in [1.807, 2.05) is 0 Å². The molecule has 0 saturated carbocycles. The van der Waals surface area contributed by atoms with Gasteiger partial charge in [0.05, 0.1) is 12.2 Å². The molecule has 1 saturated heterocycles. The summed E-state index contributed by atoms with van der Waals surface area (Å²) in [6, 6.07) is 10.2. The summed E-state index contributed by atoms with van der Waals surface area (Å²) in [6.45, 7) is 0.953. The molecule has 9 heteroatoms. The molecule has 1 amide bonds. The minimum Gasteiger partial charge on any atom is -0.484 e. The van der Waals surface area contributed by atoms with E-state index in [9.17, 15) is 18.0 Å². The molecule has 0 aliphatic carbocycles. The molecule has 0 bridgehead atoms. The highest BCUT2D eigenvalue weighted by Gasteiger charge is 2.58. The van der Waals surface area contributed by atoms with Crippen LogP contribution in [0, 0.1) is 0 Å². The van der Waals surface area contributed by atoms with Crippen molar-refractivity contribution >= 4 is 11.9 Å². The summed E-state index contributed by atoms with van der Waals surface area (Å²) in [6.07, 6.45) is -2.71. The molecule has 168 valence electrons. The predicted octanol–water partition coefficient (Wildman–Crippen LogP) is 3.69. The Morgan fingerprint density at radius 1 is 1.16 bits per heavy atom. The molecule has 0 unspecified atom stereocenters. The number of likely N-dealkylation sites (N-methyl/N-ethyl adjacent to an activating group) is 1. The van der Waals surface area contributed by atoms with Crippen LogP contribution in [0.5, 0.6) is 5.75 Å². The summed E-state index contributed by atoms with van der Waals surface area (Å²) in [5.74, 6) is 0.280. The van der Waals surface area contributed by atoms with Gasteiger partial charge in [0.25, 0.3) is 5.91 Å². The zero-order valence-electron chi connectivity index (χ0n) is 17.4. The molecule has 5 rings (SSSR count). The topological polar surface area (TPSA) is 77.2 Å². The molecule has 2 aromatic carbocycles. The van der Waals surface area contributed by atoms with E-state index >= 15 is 0 Å². The first-order valence-electron chi connectivity index (χ1n) is 10.4. The third kappa shape index (κ3) is 3.14. The highest BCUT2D eigenvalue weighted by Crippen LogP contribution is 2.52. The van der Waals surface area contributed by atoms with Crippen LogP contribution in [0.1, 0.15) is 30.4 Å². The van der Waals surface area contributed by atoms with E-state index in [1.54, 1.807) is 31.3 Å². The Balaban J connectivity index is 1.66. The van der Waals surface area contributed by atoms with Crippen LogP contribution in [-0.2, 0) is 21.2 Å². The van der Waals surface area contributed by atoms with Gasteiger partial charge < -0.3 is 15.2 Å². The van der Waals surface area contributed by atoms with Crippen LogP contribution in [-0.4, -0.2) is 42.6 Å². The zero-order chi connectivity index (χ0) is 22.7. The smallest absolute Gasteiger partial charge is 0.416 e. The van der Waals surface area contributed by atoms with Crippen LogP contribution in [0.4, 0.5) is 13.2 Å². The van der Waals surface area contributed by atoms with Crippen LogP contribution < -0.4 is 10.5 Å². The van der Waals surface area contributed by atoms with Gasteiger partial charge in [0, 0.05) is 25.6 Å². The second kappa shape index (κ2) is 6.96. The van der Waals surface area contributed by atoms with E-state index in [2.05, 4.69) is 4.99 Å². The maximum Gasteiger partial charge on any atom is 0.416 e. The number of hydrogen-bond donors (Lipinski definition) is 1. The van der Waals surface area contributed by atoms with Crippen molar-refractivity contribution in [3.05, 3.63) is 53.6 Å². The lowest BCUT2D eigenvalue weighted by Crippen LogP contribution is -2.55. The number of amides is 1. The van der Waals surface area contributed by atoms with E-state index in [-0.39, 0.29) is 18.3 Å². The molecular weight excluding hydrogens is 423 g/mol.